The number of nitrogens with zero attached hydrogens (tertiary/aromatic N) is 3. The maximum Gasteiger partial charge on any atom is 0.422 e. The van der Waals surface area contributed by atoms with Crippen LogP contribution in [0.5, 0.6) is 5.75 Å². The van der Waals surface area contributed by atoms with Crippen LogP contribution in [0.1, 0.15) is 11.3 Å². The second-order valence-electron chi connectivity index (χ2n) is 5.40. The molecule has 6 nitrogen and oxygen atoms in total. The highest BCUT2D eigenvalue weighted by molar-refractivity contribution is 7.98. The van der Waals surface area contributed by atoms with Crippen molar-refractivity contribution in [1.29, 1.82) is 0 Å². The van der Waals surface area contributed by atoms with Gasteiger partial charge in [-0.05, 0) is 30.7 Å². The minimum absolute atomic E-state index is 0.163. The zero-order valence-corrected chi connectivity index (χ0v) is 14.5. The number of ether oxygens (including phenoxy) is 1. The first-order chi connectivity index (χ1) is 12.3. The summed E-state index contributed by atoms with van der Waals surface area (Å²) in [6.07, 6.45) is -2.81. The summed E-state index contributed by atoms with van der Waals surface area (Å²) < 4.78 is 47.7. The van der Waals surface area contributed by atoms with Crippen LogP contribution in [0.2, 0.25) is 0 Å². The van der Waals surface area contributed by atoms with Crippen molar-refractivity contribution in [2.24, 2.45) is 0 Å². The van der Waals surface area contributed by atoms with Gasteiger partial charge in [-0.25, -0.2) is 4.68 Å². The molecule has 0 aliphatic carbocycles. The van der Waals surface area contributed by atoms with E-state index in [1.807, 2.05) is 0 Å². The van der Waals surface area contributed by atoms with Crippen molar-refractivity contribution >= 4 is 11.8 Å². The minimum Gasteiger partial charge on any atom is -0.484 e. The minimum atomic E-state index is -4.36. The lowest BCUT2D eigenvalue weighted by Crippen LogP contribution is -2.19. The first-order valence-electron chi connectivity index (χ1n) is 7.50. The van der Waals surface area contributed by atoms with Gasteiger partial charge in [0.15, 0.2) is 12.4 Å². The maximum absolute atomic E-state index is 12.1. The van der Waals surface area contributed by atoms with E-state index in [0.717, 1.165) is 11.1 Å². The highest BCUT2D eigenvalue weighted by Gasteiger charge is 2.28. The summed E-state index contributed by atoms with van der Waals surface area (Å²) in [6.45, 7) is 0.493. The van der Waals surface area contributed by atoms with E-state index in [1.165, 1.54) is 28.6 Å². The van der Waals surface area contributed by atoms with E-state index in [9.17, 15) is 13.2 Å². The second kappa shape index (κ2) is 7.32. The molecular formula is C16H15F3N4O2S. The molecule has 0 radical (unpaired) electrons. The molecule has 0 fully saturated rings. The molecule has 138 valence electrons. The van der Waals surface area contributed by atoms with Gasteiger partial charge >= 0.3 is 6.18 Å². The third kappa shape index (κ3) is 4.31. The van der Waals surface area contributed by atoms with Gasteiger partial charge in [0.25, 0.3) is 0 Å². The van der Waals surface area contributed by atoms with E-state index in [4.69, 9.17) is 10.3 Å². The summed E-state index contributed by atoms with van der Waals surface area (Å²) in [4.78, 5) is 0. The van der Waals surface area contributed by atoms with Crippen molar-refractivity contribution in [3.05, 3.63) is 47.9 Å². The van der Waals surface area contributed by atoms with Crippen molar-refractivity contribution < 1.29 is 22.3 Å². The normalized spacial score (nSPS) is 11.7. The Kier molecular flexibility index (Phi) is 5.12. The van der Waals surface area contributed by atoms with Gasteiger partial charge in [-0.15, -0.1) is 10.2 Å². The molecule has 0 aliphatic rings. The number of alkyl halides is 3. The quantitative estimate of drug-likeness (QED) is 0.515. The molecule has 0 atom stereocenters. The van der Waals surface area contributed by atoms with Crippen LogP contribution < -0.4 is 10.6 Å². The Hall–Kier alpha value is -2.62. The first-order valence-corrected chi connectivity index (χ1v) is 8.48. The fourth-order valence-electron chi connectivity index (χ4n) is 2.17. The van der Waals surface area contributed by atoms with E-state index >= 15 is 0 Å². The highest BCUT2D eigenvalue weighted by atomic mass is 32.2. The van der Waals surface area contributed by atoms with Gasteiger partial charge in [0.1, 0.15) is 11.5 Å². The van der Waals surface area contributed by atoms with Crippen molar-refractivity contribution in [1.82, 2.24) is 14.9 Å². The highest BCUT2D eigenvalue weighted by Crippen LogP contribution is 2.27. The Morgan fingerprint density at radius 1 is 1.19 bits per heavy atom. The summed E-state index contributed by atoms with van der Waals surface area (Å²) in [5.41, 5.74) is 1.65. The average molecular weight is 384 g/mol. The Bertz CT molecular complexity index is 874. The molecule has 2 heterocycles. The number of halogens is 3. The van der Waals surface area contributed by atoms with Crippen LogP contribution in [-0.4, -0.2) is 27.7 Å². The number of rotatable bonds is 6. The van der Waals surface area contributed by atoms with Gasteiger partial charge < -0.3 is 15.0 Å². The largest absolute Gasteiger partial charge is 0.484 e. The molecule has 0 unspecified atom stereocenters. The number of thioether (sulfide) groups is 1. The third-order valence-electron chi connectivity index (χ3n) is 3.46. The number of benzene rings is 1. The molecule has 0 saturated carbocycles. The van der Waals surface area contributed by atoms with Crippen LogP contribution in [0.4, 0.5) is 13.2 Å². The molecule has 0 saturated heterocycles. The molecule has 0 bridgehead atoms. The third-order valence-corrected chi connectivity index (χ3v) is 4.47. The Balaban J connectivity index is 1.61. The molecule has 3 aromatic rings. The lowest BCUT2D eigenvalue weighted by molar-refractivity contribution is -0.153. The fraction of sp³-hybridized carbons (Fsp3) is 0.250. The van der Waals surface area contributed by atoms with Gasteiger partial charge in [0.2, 0.25) is 5.16 Å². The van der Waals surface area contributed by atoms with Gasteiger partial charge in [-0.2, -0.15) is 13.2 Å². The number of furan rings is 1. The molecule has 10 heteroatoms. The number of aromatic nitrogens is 3. The van der Waals surface area contributed by atoms with Crippen LogP contribution >= 0.6 is 11.8 Å². The molecule has 0 amide bonds. The maximum atomic E-state index is 12.1. The van der Waals surface area contributed by atoms with Gasteiger partial charge in [0, 0.05) is 5.75 Å². The van der Waals surface area contributed by atoms with Gasteiger partial charge in [-0.1, -0.05) is 23.9 Å². The summed E-state index contributed by atoms with van der Waals surface area (Å²) >= 11 is 1.36. The fourth-order valence-corrected chi connectivity index (χ4v) is 2.98. The number of hydrogen-bond acceptors (Lipinski definition) is 6. The average Bonchev–Trinajstić information content (AvgIpc) is 3.17. The summed E-state index contributed by atoms with van der Waals surface area (Å²) in [5, 5.41) is 8.65. The van der Waals surface area contributed by atoms with Crippen LogP contribution in [0, 0.1) is 6.92 Å². The molecule has 1 aromatic carbocycles. The van der Waals surface area contributed by atoms with Crippen molar-refractivity contribution in [2.45, 2.75) is 24.0 Å². The molecule has 0 spiro atoms. The predicted octanol–water partition coefficient (Wildman–Crippen LogP) is 3.79. The van der Waals surface area contributed by atoms with E-state index in [-0.39, 0.29) is 5.75 Å². The molecule has 3 rings (SSSR count). The standard InChI is InChI=1S/C16H15F3N4O2S/c1-10-13(6-7-24-10)14-21-22-15(23(14)20)26-8-11-2-4-12(5-3-11)25-9-16(17,18)19/h2-7H,8-9,20H2,1H3. The second-order valence-corrected chi connectivity index (χ2v) is 6.35. The Morgan fingerprint density at radius 2 is 1.92 bits per heavy atom. The number of nitrogen functional groups attached to an aromatic ring is 1. The van der Waals surface area contributed by atoms with Crippen LogP contribution in [0.15, 0.2) is 46.2 Å². The summed E-state index contributed by atoms with van der Waals surface area (Å²) in [6, 6.07) is 8.13. The first kappa shape index (κ1) is 18.2. The van der Waals surface area contributed by atoms with E-state index < -0.39 is 12.8 Å². The molecule has 2 aromatic heterocycles. The van der Waals surface area contributed by atoms with Crippen LogP contribution in [-0.2, 0) is 5.75 Å². The Morgan fingerprint density at radius 3 is 2.54 bits per heavy atom. The molecular weight excluding hydrogens is 369 g/mol. The van der Waals surface area contributed by atoms with Gasteiger partial charge in [0.05, 0.1) is 11.8 Å². The molecule has 26 heavy (non-hydrogen) atoms. The summed E-state index contributed by atoms with van der Waals surface area (Å²) in [7, 11) is 0. The smallest absolute Gasteiger partial charge is 0.422 e. The molecule has 2 N–H and O–H groups in total. The number of nitrogens with two attached hydrogens (primary N) is 1. The van der Waals surface area contributed by atoms with Crippen LogP contribution in [0.25, 0.3) is 11.4 Å². The van der Waals surface area contributed by atoms with E-state index in [2.05, 4.69) is 14.9 Å². The monoisotopic (exact) mass is 384 g/mol. The number of hydrogen-bond donors (Lipinski definition) is 1. The summed E-state index contributed by atoms with van der Waals surface area (Å²) in [5.74, 6) is 7.91. The molecule has 0 aliphatic heterocycles. The zero-order chi connectivity index (χ0) is 18.7. The topological polar surface area (TPSA) is 79.1 Å². The Labute approximate surface area is 151 Å². The van der Waals surface area contributed by atoms with E-state index in [0.29, 0.717) is 22.5 Å². The van der Waals surface area contributed by atoms with E-state index in [1.54, 1.807) is 31.4 Å². The zero-order valence-electron chi connectivity index (χ0n) is 13.7. The van der Waals surface area contributed by atoms with Gasteiger partial charge in [-0.3, -0.25) is 0 Å². The van der Waals surface area contributed by atoms with Crippen LogP contribution in [0.3, 0.4) is 0 Å². The lowest BCUT2D eigenvalue weighted by atomic mass is 10.2. The van der Waals surface area contributed by atoms with Crippen molar-refractivity contribution in [3.63, 3.8) is 0 Å². The SMILES string of the molecule is Cc1occc1-c1nnc(SCc2ccc(OCC(F)(F)F)cc2)n1N. The lowest BCUT2D eigenvalue weighted by Gasteiger charge is -2.09. The number of aryl methyl sites for hydroxylation is 1. The predicted molar refractivity (Wildman–Crippen MR) is 90.2 cm³/mol. The van der Waals surface area contributed by atoms with Crippen molar-refractivity contribution in [3.8, 4) is 17.1 Å². The van der Waals surface area contributed by atoms with Crippen molar-refractivity contribution in [2.75, 3.05) is 12.4 Å².